The monoisotopic (exact) mass is 251 g/mol. The highest BCUT2D eigenvalue weighted by molar-refractivity contribution is 5.37. The maximum absolute atomic E-state index is 9.59. The number of aromatic hydroxyl groups is 1. The maximum atomic E-state index is 9.59. The summed E-state index contributed by atoms with van der Waals surface area (Å²) in [5, 5.41) is 28.0. The van der Waals surface area contributed by atoms with Gasteiger partial charge < -0.3 is 15.3 Å². The number of aliphatic hydroxyl groups excluding tert-OH is 2. The largest absolute Gasteiger partial charge is 0.508 e. The Kier molecular flexibility index (Phi) is 4.58. The number of nitrogens with zero attached hydrogens (tertiary/aromatic N) is 1. The van der Waals surface area contributed by atoms with Gasteiger partial charge in [0.15, 0.2) is 0 Å². The standard InChI is InChI=1S/C14H21NO3/c16-8-5-13(15-6-1-2-7-15)11-3-4-14(18)12(9-11)10-17/h3-4,9,13,16-18H,1-2,5-8,10H2. The first kappa shape index (κ1) is 13.3. The van der Waals surface area contributed by atoms with E-state index in [4.69, 9.17) is 0 Å². The summed E-state index contributed by atoms with van der Waals surface area (Å²) in [7, 11) is 0. The van der Waals surface area contributed by atoms with E-state index < -0.39 is 0 Å². The van der Waals surface area contributed by atoms with Gasteiger partial charge in [-0.1, -0.05) is 6.07 Å². The molecule has 3 N–H and O–H groups in total. The van der Waals surface area contributed by atoms with E-state index in [-0.39, 0.29) is 25.0 Å². The molecule has 4 nitrogen and oxygen atoms in total. The van der Waals surface area contributed by atoms with Gasteiger partial charge in [-0.05, 0) is 50.0 Å². The summed E-state index contributed by atoms with van der Waals surface area (Å²) in [6, 6.07) is 5.53. The van der Waals surface area contributed by atoms with E-state index in [1.165, 1.54) is 12.8 Å². The molecule has 0 bridgehead atoms. The minimum Gasteiger partial charge on any atom is -0.508 e. The van der Waals surface area contributed by atoms with Gasteiger partial charge in [0.25, 0.3) is 0 Å². The molecule has 1 unspecified atom stereocenters. The van der Waals surface area contributed by atoms with Crippen molar-refractivity contribution in [3.8, 4) is 5.75 Å². The third kappa shape index (κ3) is 2.83. The second kappa shape index (κ2) is 6.18. The first-order chi connectivity index (χ1) is 8.76. The summed E-state index contributed by atoms with van der Waals surface area (Å²) >= 11 is 0. The molecule has 18 heavy (non-hydrogen) atoms. The van der Waals surface area contributed by atoms with Gasteiger partial charge >= 0.3 is 0 Å². The molecule has 1 aliphatic heterocycles. The molecule has 4 heteroatoms. The Labute approximate surface area is 107 Å². The highest BCUT2D eigenvalue weighted by Gasteiger charge is 2.23. The van der Waals surface area contributed by atoms with Crippen LogP contribution in [0, 0.1) is 0 Å². The lowest BCUT2D eigenvalue weighted by molar-refractivity contribution is 0.185. The number of aliphatic hydroxyl groups is 2. The fraction of sp³-hybridized carbons (Fsp3) is 0.571. The molecule has 0 aliphatic carbocycles. The molecule has 0 saturated carbocycles. The second-order valence-corrected chi connectivity index (χ2v) is 4.82. The molecule has 1 atom stereocenters. The molecule has 1 saturated heterocycles. The van der Waals surface area contributed by atoms with Gasteiger partial charge in [0.05, 0.1) is 6.61 Å². The normalized spacial score (nSPS) is 18.1. The van der Waals surface area contributed by atoms with E-state index in [1.807, 2.05) is 12.1 Å². The van der Waals surface area contributed by atoms with Crippen molar-refractivity contribution in [2.45, 2.75) is 31.9 Å². The van der Waals surface area contributed by atoms with E-state index >= 15 is 0 Å². The zero-order valence-electron chi connectivity index (χ0n) is 10.5. The summed E-state index contributed by atoms with van der Waals surface area (Å²) < 4.78 is 0. The van der Waals surface area contributed by atoms with E-state index in [0.29, 0.717) is 12.0 Å². The lowest BCUT2D eigenvalue weighted by Gasteiger charge is -2.27. The molecule has 0 radical (unpaired) electrons. The maximum Gasteiger partial charge on any atom is 0.121 e. The SMILES string of the molecule is OCCC(c1ccc(O)c(CO)c1)N1CCCC1. The minimum atomic E-state index is -0.161. The number of hydrogen-bond acceptors (Lipinski definition) is 4. The van der Waals surface area contributed by atoms with Gasteiger partial charge in [0.1, 0.15) is 5.75 Å². The summed E-state index contributed by atoms with van der Waals surface area (Å²) in [6.07, 6.45) is 3.09. The lowest BCUT2D eigenvalue weighted by Crippen LogP contribution is -2.26. The summed E-state index contributed by atoms with van der Waals surface area (Å²) in [6.45, 7) is 2.10. The average Bonchev–Trinajstić information content (AvgIpc) is 2.90. The zero-order valence-corrected chi connectivity index (χ0v) is 10.5. The van der Waals surface area contributed by atoms with E-state index in [2.05, 4.69) is 4.90 Å². The van der Waals surface area contributed by atoms with Crippen LogP contribution >= 0.6 is 0 Å². The first-order valence-electron chi connectivity index (χ1n) is 6.54. The highest BCUT2D eigenvalue weighted by atomic mass is 16.3. The van der Waals surface area contributed by atoms with Crippen molar-refractivity contribution in [3.05, 3.63) is 29.3 Å². The van der Waals surface area contributed by atoms with E-state index in [9.17, 15) is 15.3 Å². The molecule has 1 heterocycles. The van der Waals surface area contributed by atoms with Crippen molar-refractivity contribution in [3.63, 3.8) is 0 Å². The van der Waals surface area contributed by atoms with E-state index in [0.717, 1.165) is 18.7 Å². The lowest BCUT2D eigenvalue weighted by atomic mass is 10.00. The van der Waals surface area contributed by atoms with Crippen molar-refractivity contribution >= 4 is 0 Å². The topological polar surface area (TPSA) is 63.9 Å². The van der Waals surface area contributed by atoms with Gasteiger partial charge in [0.2, 0.25) is 0 Å². The van der Waals surface area contributed by atoms with Crippen LogP contribution in [-0.4, -0.2) is 39.9 Å². The van der Waals surface area contributed by atoms with Crippen LogP contribution in [0.25, 0.3) is 0 Å². The van der Waals surface area contributed by atoms with Crippen LogP contribution in [0.4, 0.5) is 0 Å². The van der Waals surface area contributed by atoms with Crippen molar-refractivity contribution in [2.24, 2.45) is 0 Å². The van der Waals surface area contributed by atoms with Gasteiger partial charge in [-0.15, -0.1) is 0 Å². The van der Waals surface area contributed by atoms with Crippen LogP contribution in [0.1, 0.15) is 36.4 Å². The van der Waals surface area contributed by atoms with Crippen LogP contribution in [0.2, 0.25) is 0 Å². The fourth-order valence-corrected chi connectivity index (χ4v) is 2.67. The van der Waals surface area contributed by atoms with Gasteiger partial charge in [-0.25, -0.2) is 0 Å². The van der Waals surface area contributed by atoms with Crippen LogP contribution in [0.15, 0.2) is 18.2 Å². The van der Waals surface area contributed by atoms with Gasteiger partial charge in [0, 0.05) is 18.2 Å². The van der Waals surface area contributed by atoms with Gasteiger partial charge in [-0.3, -0.25) is 4.90 Å². The third-order valence-corrected chi connectivity index (χ3v) is 3.64. The molecular weight excluding hydrogens is 230 g/mol. The van der Waals surface area contributed by atoms with Gasteiger partial charge in [-0.2, -0.15) is 0 Å². The predicted octanol–water partition coefficient (Wildman–Crippen LogP) is 1.40. The third-order valence-electron chi connectivity index (χ3n) is 3.64. The molecule has 1 fully saturated rings. The van der Waals surface area contributed by atoms with Crippen LogP contribution in [-0.2, 0) is 6.61 Å². The molecule has 100 valence electrons. The van der Waals surface area contributed by atoms with Crippen molar-refractivity contribution in [2.75, 3.05) is 19.7 Å². The van der Waals surface area contributed by atoms with Crippen molar-refractivity contribution in [1.29, 1.82) is 0 Å². The number of rotatable bonds is 5. The first-order valence-corrected chi connectivity index (χ1v) is 6.54. The zero-order chi connectivity index (χ0) is 13.0. The number of phenols is 1. The summed E-state index contributed by atoms with van der Waals surface area (Å²) in [5.41, 5.74) is 1.61. The molecule has 1 aliphatic rings. The fourth-order valence-electron chi connectivity index (χ4n) is 2.67. The number of benzene rings is 1. The minimum absolute atomic E-state index is 0.130. The molecule has 0 aromatic heterocycles. The molecule has 1 aromatic rings. The average molecular weight is 251 g/mol. The Bertz CT molecular complexity index is 389. The molecule has 0 amide bonds. The Balaban J connectivity index is 2.23. The van der Waals surface area contributed by atoms with Crippen molar-refractivity contribution < 1.29 is 15.3 Å². The predicted molar refractivity (Wildman–Crippen MR) is 69.3 cm³/mol. The molecule has 1 aromatic carbocycles. The Morgan fingerprint density at radius 2 is 1.89 bits per heavy atom. The molecular formula is C14H21NO3. The Hall–Kier alpha value is -1.10. The summed E-state index contributed by atoms with van der Waals surface area (Å²) in [5.74, 6) is 0.130. The summed E-state index contributed by atoms with van der Waals surface area (Å²) in [4.78, 5) is 2.36. The van der Waals surface area contributed by atoms with Crippen LogP contribution < -0.4 is 0 Å². The molecule has 2 rings (SSSR count). The number of hydrogen-bond donors (Lipinski definition) is 3. The second-order valence-electron chi connectivity index (χ2n) is 4.82. The number of likely N-dealkylation sites (tertiary alicyclic amines) is 1. The van der Waals surface area contributed by atoms with Crippen LogP contribution in [0.5, 0.6) is 5.75 Å². The quantitative estimate of drug-likeness (QED) is 0.740. The smallest absolute Gasteiger partial charge is 0.121 e. The Morgan fingerprint density at radius 1 is 1.17 bits per heavy atom. The van der Waals surface area contributed by atoms with Crippen molar-refractivity contribution in [1.82, 2.24) is 4.90 Å². The highest BCUT2D eigenvalue weighted by Crippen LogP contribution is 2.30. The Morgan fingerprint density at radius 3 is 2.50 bits per heavy atom. The van der Waals surface area contributed by atoms with Crippen LogP contribution in [0.3, 0.4) is 0 Å². The van der Waals surface area contributed by atoms with E-state index in [1.54, 1.807) is 6.07 Å². The molecule has 0 spiro atoms.